The van der Waals surface area contributed by atoms with Crippen molar-refractivity contribution in [3.05, 3.63) is 0 Å². The molecule has 0 rings (SSSR count). The summed E-state index contributed by atoms with van der Waals surface area (Å²) in [6.07, 6.45) is 28.8. The molecule has 0 saturated heterocycles. The van der Waals surface area contributed by atoms with Crippen molar-refractivity contribution in [2.45, 2.75) is 156 Å². The summed E-state index contributed by atoms with van der Waals surface area (Å²) >= 11 is 0. The minimum Gasteiger partial charge on any atom is -1.00 e. The van der Waals surface area contributed by atoms with Crippen LogP contribution < -0.4 is 24.0 Å². The SMILES string of the molecule is CCCCCCCCCC[N+](CCCCCC)(CCCCCC)CCCCCC.[I-]. The fourth-order valence-electron chi connectivity index (χ4n) is 4.87. The molecule has 0 bridgehead atoms. The molecule has 0 aliphatic heterocycles. The van der Waals surface area contributed by atoms with Gasteiger partial charge in [0.05, 0.1) is 26.2 Å². The van der Waals surface area contributed by atoms with Crippen LogP contribution in [0.4, 0.5) is 0 Å². The molecule has 0 atom stereocenters. The van der Waals surface area contributed by atoms with Gasteiger partial charge in [-0.1, -0.05) is 105 Å². The molecule has 0 aliphatic rings. The lowest BCUT2D eigenvalue weighted by atomic mass is 10.1. The Morgan fingerprint density at radius 3 is 0.767 bits per heavy atom. The van der Waals surface area contributed by atoms with Gasteiger partial charge in [-0.25, -0.2) is 0 Å². The molecule has 0 aliphatic carbocycles. The van der Waals surface area contributed by atoms with Crippen molar-refractivity contribution in [1.82, 2.24) is 0 Å². The molecule has 0 radical (unpaired) electrons. The molecule has 0 N–H and O–H groups in total. The lowest BCUT2D eigenvalue weighted by molar-refractivity contribution is -0.929. The average Bonchev–Trinajstić information content (AvgIpc) is 2.73. The summed E-state index contributed by atoms with van der Waals surface area (Å²) in [5, 5.41) is 0. The predicted octanol–water partition coefficient (Wildman–Crippen LogP) is 6.69. The van der Waals surface area contributed by atoms with E-state index in [1.807, 2.05) is 0 Å². The van der Waals surface area contributed by atoms with Crippen molar-refractivity contribution in [3.8, 4) is 0 Å². The number of quaternary nitrogens is 1. The highest BCUT2D eigenvalue weighted by Crippen LogP contribution is 2.20. The molecule has 0 saturated carbocycles. The van der Waals surface area contributed by atoms with Gasteiger partial charge >= 0.3 is 0 Å². The summed E-state index contributed by atoms with van der Waals surface area (Å²) in [6, 6.07) is 0. The summed E-state index contributed by atoms with van der Waals surface area (Å²) in [5.74, 6) is 0. The van der Waals surface area contributed by atoms with E-state index in [1.54, 1.807) is 0 Å². The van der Waals surface area contributed by atoms with Crippen molar-refractivity contribution in [2.75, 3.05) is 26.2 Å². The quantitative estimate of drug-likeness (QED) is 0.0731. The summed E-state index contributed by atoms with van der Waals surface area (Å²) < 4.78 is 1.47. The summed E-state index contributed by atoms with van der Waals surface area (Å²) in [6.45, 7) is 15.2. The molecule has 0 spiro atoms. The Morgan fingerprint density at radius 1 is 0.300 bits per heavy atom. The molecule has 2 heteroatoms. The summed E-state index contributed by atoms with van der Waals surface area (Å²) in [4.78, 5) is 0. The van der Waals surface area contributed by atoms with Crippen LogP contribution >= 0.6 is 0 Å². The first-order valence-electron chi connectivity index (χ1n) is 14.1. The maximum absolute atomic E-state index is 2.35. The monoisotopic (exact) mass is 537 g/mol. The minimum atomic E-state index is 0. The molecule has 0 fully saturated rings. The Hall–Kier alpha value is 0.690. The van der Waals surface area contributed by atoms with Gasteiger partial charge in [0, 0.05) is 0 Å². The zero-order valence-electron chi connectivity index (χ0n) is 21.8. The minimum absolute atomic E-state index is 0. The van der Waals surface area contributed by atoms with E-state index in [2.05, 4.69) is 27.7 Å². The molecule has 0 aromatic carbocycles. The Bertz CT molecular complexity index is 274. The van der Waals surface area contributed by atoms with Crippen LogP contribution in [-0.2, 0) is 0 Å². The van der Waals surface area contributed by atoms with Crippen LogP contribution in [0, 0.1) is 0 Å². The van der Waals surface area contributed by atoms with E-state index in [-0.39, 0.29) is 24.0 Å². The fraction of sp³-hybridized carbons (Fsp3) is 1.00. The second-order valence-electron chi connectivity index (χ2n) is 9.89. The van der Waals surface area contributed by atoms with Gasteiger partial charge in [0.1, 0.15) is 0 Å². The second kappa shape index (κ2) is 25.9. The van der Waals surface area contributed by atoms with Crippen molar-refractivity contribution >= 4 is 0 Å². The first-order chi connectivity index (χ1) is 14.2. The van der Waals surface area contributed by atoms with Crippen LogP contribution in [0.15, 0.2) is 0 Å². The Labute approximate surface area is 210 Å². The zero-order valence-corrected chi connectivity index (χ0v) is 24.0. The van der Waals surface area contributed by atoms with E-state index >= 15 is 0 Å². The maximum atomic E-state index is 2.35. The number of unbranched alkanes of at least 4 members (excludes halogenated alkanes) is 16. The van der Waals surface area contributed by atoms with Gasteiger partial charge < -0.3 is 28.5 Å². The smallest absolute Gasteiger partial charge is 0.0786 e. The van der Waals surface area contributed by atoms with Gasteiger partial charge in [-0.3, -0.25) is 0 Å². The lowest BCUT2D eigenvalue weighted by Gasteiger charge is -2.39. The molecular weight excluding hydrogens is 477 g/mol. The number of hydrogen-bond acceptors (Lipinski definition) is 0. The third-order valence-corrected chi connectivity index (χ3v) is 6.94. The molecule has 0 aromatic heterocycles. The summed E-state index contributed by atoms with van der Waals surface area (Å²) in [7, 11) is 0. The van der Waals surface area contributed by atoms with Crippen LogP contribution in [0.2, 0.25) is 0 Å². The Balaban J connectivity index is 0. The molecule has 0 heterocycles. The lowest BCUT2D eigenvalue weighted by Crippen LogP contribution is -3.00. The third kappa shape index (κ3) is 20.6. The zero-order chi connectivity index (χ0) is 21.5. The van der Waals surface area contributed by atoms with Crippen LogP contribution in [0.5, 0.6) is 0 Å². The van der Waals surface area contributed by atoms with Crippen molar-refractivity contribution < 1.29 is 28.5 Å². The maximum Gasteiger partial charge on any atom is 0.0786 e. The van der Waals surface area contributed by atoms with Crippen LogP contribution in [0.1, 0.15) is 156 Å². The standard InChI is InChI=1S/C28H60N.HI/c1-5-9-13-17-18-19-20-24-28-29(25-21-14-10-6-2,26-22-15-11-7-3)27-23-16-12-8-4;/h5-28H2,1-4H3;1H/q+1;/p-1. The van der Waals surface area contributed by atoms with Crippen molar-refractivity contribution in [2.24, 2.45) is 0 Å². The fourth-order valence-corrected chi connectivity index (χ4v) is 4.87. The van der Waals surface area contributed by atoms with E-state index in [0.717, 1.165) is 0 Å². The van der Waals surface area contributed by atoms with E-state index in [4.69, 9.17) is 0 Å². The highest BCUT2D eigenvalue weighted by Gasteiger charge is 2.25. The first kappa shape index (κ1) is 32.9. The van der Waals surface area contributed by atoms with Gasteiger partial charge in [0.15, 0.2) is 0 Å². The van der Waals surface area contributed by atoms with E-state index in [9.17, 15) is 0 Å². The highest BCUT2D eigenvalue weighted by molar-refractivity contribution is 4.54. The molecule has 0 unspecified atom stereocenters. The van der Waals surface area contributed by atoms with E-state index in [0.29, 0.717) is 0 Å². The average molecular weight is 538 g/mol. The van der Waals surface area contributed by atoms with Crippen LogP contribution in [0.3, 0.4) is 0 Å². The van der Waals surface area contributed by atoms with Crippen LogP contribution in [0.25, 0.3) is 0 Å². The molecule has 30 heavy (non-hydrogen) atoms. The molecular formula is C28H60IN. The topological polar surface area (TPSA) is 0 Å². The second-order valence-corrected chi connectivity index (χ2v) is 9.89. The number of halogens is 1. The van der Waals surface area contributed by atoms with Gasteiger partial charge in [-0.15, -0.1) is 0 Å². The summed E-state index contributed by atoms with van der Waals surface area (Å²) in [5.41, 5.74) is 0. The van der Waals surface area contributed by atoms with Gasteiger partial charge in [-0.2, -0.15) is 0 Å². The molecule has 1 nitrogen and oxygen atoms in total. The van der Waals surface area contributed by atoms with Crippen molar-refractivity contribution in [1.29, 1.82) is 0 Å². The van der Waals surface area contributed by atoms with Crippen LogP contribution in [-0.4, -0.2) is 30.7 Å². The van der Waals surface area contributed by atoms with E-state index in [1.165, 1.54) is 159 Å². The third-order valence-electron chi connectivity index (χ3n) is 6.94. The van der Waals surface area contributed by atoms with Gasteiger partial charge in [0.25, 0.3) is 0 Å². The number of nitrogens with zero attached hydrogens (tertiary/aromatic N) is 1. The number of hydrogen-bond donors (Lipinski definition) is 0. The Morgan fingerprint density at radius 2 is 0.500 bits per heavy atom. The van der Waals surface area contributed by atoms with Gasteiger partial charge in [-0.05, 0) is 51.4 Å². The van der Waals surface area contributed by atoms with Gasteiger partial charge in [0.2, 0.25) is 0 Å². The molecule has 0 amide bonds. The highest BCUT2D eigenvalue weighted by atomic mass is 127. The normalized spacial score (nSPS) is 11.6. The van der Waals surface area contributed by atoms with E-state index < -0.39 is 0 Å². The molecule has 0 aromatic rings. The predicted molar refractivity (Wildman–Crippen MR) is 135 cm³/mol. The van der Waals surface area contributed by atoms with Crippen molar-refractivity contribution in [3.63, 3.8) is 0 Å². The first-order valence-corrected chi connectivity index (χ1v) is 14.1. The Kier molecular flexibility index (Phi) is 28.4. The largest absolute Gasteiger partial charge is 1.00 e. The molecule has 184 valence electrons. The number of rotatable bonds is 24.